The maximum atomic E-state index is 13.7. The van der Waals surface area contributed by atoms with Gasteiger partial charge in [-0.2, -0.15) is 0 Å². The standard InChI is InChI=1S/C31H41NO4/c1-3-10-22-18-24-29(31(35)32(30(24)34)23-12-6-5-7-13-23)25-19-36-27(28(22)25)16-15-20(4-2)17-21-11-8-9-14-26(21)33/h8-9,11,14,17,23-25,27,29,33H,3-7,10,12-13,15-16,18-19H2,1-2H3/b20-17+/t24-,25+,27-,29-/m1/s1. The lowest BCUT2D eigenvalue weighted by Gasteiger charge is -2.32. The minimum atomic E-state index is -0.234. The van der Waals surface area contributed by atoms with Gasteiger partial charge in [0.15, 0.2) is 0 Å². The smallest absolute Gasteiger partial charge is 0.234 e. The summed E-state index contributed by atoms with van der Waals surface area (Å²) >= 11 is 0. The summed E-state index contributed by atoms with van der Waals surface area (Å²) in [6, 6.07) is 7.55. The Morgan fingerprint density at radius 2 is 1.86 bits per heavy atom. The van der Waals surface area contributed by atoms with Crippen molar-refractivity contribution in [2.75, 3.05) is 6.61 Å². The Morgan fingerprint density at radius 3 is 2.58 bits per heavy atom. The lowest BCUT2D eigenvalue weighted by Crippen LogP contribution is -2.42. The van der Waals surface area contributed by atoms with Crippen molar-refractivity contribution in [2.24, 2.45) is 17.8 Å². The van der Waals surface area contributed by atoms with Crippen molar-refractivity contribution in [1.29, 1.82) is 0 Å². The van der Waals surface area contributed by atoms with E-state index in [1.54, 1.807) is 11.0 Å². The molecule has 5 nitrogen and oxygen atoms in total. The number of carbonyl (C=O) groups excluding carboxylic acids is 2. The van der Waals surface area contributed by atoms with Gasteiger partial charge in [0.05, 0.1) is 24.5 Å². The lowest BCUT2D eigenvalue weighted by atomic mass is 9.68. The van der Waals surface area contributed by atoms with Gasteiger partial charge in [-0.25, -0.2) is 0 Å². The van der Waals surface area contributed by atoms with Crippen LogP contribution < -0.4 is 0 Å². The van der Waals surface area contributed by atoms with Gasteiger partial charge in [-0.3, -0.25) is 14.5 Å². The number of rotatable bonds is 8. The molecule has 3 fully saturated rings. The van der Waals surface area contributed by atoms with Crippen molar-refractivity contribution in [3.05, 3.63) is 46.5 Å². The van der Waals surface area contributed by atoms with E-state index in [2.05, 4.69) is 19.9 Å². The number of allylic oxidation sites excluding steroid dienone is 2. The Bertz CT molecular complexity index is 1050. The monoisotopic (exact) mass is 491 g/mol. The molecule has 2 aliphatic heterocycles. The highest BCUT2D eigenvalue weighted by atomic mass is 16.5. The summed E-state index contributed by atoms with van der Waals surface area (Å²) in [5.74, 6) is 0.0953. The van der Waals surface area contributed by atoms with Gasteiger partial charge in [0.2, 0.25) is 11.8 Å². The molecule has 1 N–H and O–H groups in total. The molecule has 5 heteroatoms. The average Bonchev–Trinajstić information content (AvgIpc) is 3.42. The van der Waals surface area contributed by atoms with Gasteiger partial charge in [0.1, 0.15) is 5.75 Å². The van der Waals surface area contributed by atoms with Gasteiger partial charge in [-0.05, 0) is 56.6 Å². The average molecular weight is 492 g/mol. The molecular formula is C31H41NO4. The third-order valence-electron chi connectivity index (χ3n) is 9.01. The van der Waals surface area contributed by atoms with Crippen LogP contribution in [0.25, 0.3) is 6.08 Å². The second-order valence-corrected chi connectivity index (χ2v) is 11.2. The molecule has 5 rings (SSSR count). The summed E-state index contributed by atoms with van der Waals surface area (Å²) in [7, 11) is 0. The molecule has 2 saturated heterocycles. The summed E-state index contributed by atoms with van der Waals surface area (Å²) in [6.07, 6.45) is 12.9. The fourth-order valence-corrected chi connectivity index (χ4v) is 7.23. The number of likely N-dealkylation sites (tertiary alicyclic amines) is 1. The Kier molecular flexibility index (Phi) is 7.66. The number of nitrogens with zero attached hydrogens (tertiary/aromatic N) is 1. The number of ether oxygens (including phenoxy) is 1. The Balaban J connectivity index is 1.36. The Labute approximate surface area is 215 Å². The summed E-state index contributed by atoms with van der Waals surface area (Å²) < 4.78 is 6.40. The summed E-state index contributed by atoms with van der Waals surface area (Å²) in [5, 5.41) is 10.2. The highest BCUT2D eigenvalue weighted by Gasteiger charge is 2.57. The maximum Gasteiger partial charge on any atom is 0.234 e. The summed E-state index contributed by atoms with van der Waals surface area (Å²) in [6.45, 7) is 4.90. The van der Waals surface area contributed by atoms with E-state index in [4.69, 9.17) is 4.74 Å². The van der Waals surface area contributed by atoms with Crippen LogP contribution >= 0.6 is 0 Å². The number of amides is 2. The molecular weight excluding hydrogens is 450 g/mol. The fourth-order valence-electron chi connectivity index (χ4n) is 7.23. The minimum absolute atomic E-state index is 0.0171. The first kappa shape index (κ1) is 25.3. The number of imide groups is 1. The molecule has 0 unspecified atom stereocenters. The van der Waals surface area contributed by atoms with Crippen molar-refractivity contribution in [3.8, 4) is 5.75 Å². The molecule has 1 aromatic carbocycles. The van der Waals surface area contributed by atoms with E-state index in [0.29, 0.717) is 12.4 Å². The number of hydrogen-bond acceptors (Lipinski definition) is 4. The molecule has 0 aromatic heterocycles. The molecule has 4 aliphatic rings. The SMILES string of the molecule is CCCC1=C2[C@@H](CC/C(=C/c3ccccc3O)CC)OC[C@@H]2[C@@H]2C(=O)N(C3CCCCC3)C(=O)[C@@H]2C1. The zero-order valence-corrected chi connectivity index (χ0v) is 21.9. The van der Waals surface area contributed by atoms with Crippen LogP contribution in [0.1, 0.15) is 90.0 Å². The quantitative estimate of drug-likeness (QED) is 0.337. The van der Waals surface area contributed by atoms with Gasteiger partial charge >= 0.3 is 0 Å². The Hall–Kier alpha value is -2.40. The second kappa shape index (κ2) is 10.9. The predicted molar refractivity (Wildman–Crippen MR) is 141 cm³/mol. The highest BCUT2D eigenvalue weighted by molar-refractivity contribution is 6.06. The van der Waals surface area contributed by atoms with Crippen LogP contribution in [0, 0.1) is 17.8 Å². The zero-order chi connectivity index (χ0) is 25.2. The van der Waals surface area contributed by atoms with Crippen molar-refractivity contribution in [3.63, 3.8) is 0 Å². The molecule has 0 spiro atoms. The number of phenolic OH excluding ortho intramolecular Hbond substituents is 1. The number of aromatic hydroxyl groups is 1. The predicted octanol–water partition coefficient (Wildman–Crippen LogP) is 6.42. The highest BCUT2D eigenvalue weighted by Crippen LogP contribution is 2.51. The third kappa shape index (κ3) is 4.67. The number of carbonyl (C=O) groups is 2. The molecule has 2 heterocycles. The summed E-state index contributed by atoms with van der Waals surface area (Å²) in [4.78, 5) is 28.9. The minimum Gasteiger partial charge on any atom is -0.507 e. The van der Waals surface area contributed by atoms with Crippen LogP contribution in [-0.2, 0) is 14.3 Å². The van der Waals surface area contributed by atoms with Crippen LogP contribution in [0.3, 0.4) is 0 Å². The van der Waals surface area contributed by atoms with Gasteiger partial charge in [0, 0.05) is 17.5 Å². The van der Waals surface area contributed by atoms with Crippen LogP contribution in [0.2, 0.25) is 0 Å². The van der Waals surface area contributed by atoms with E-state index >= 15 is 0 Å². The van der Waals surface area contributed by atoms with E-state index in [0.717, 1.165) is 69.8 Å². The molecule has 0 bridgehead atoms. The van der Waals surface area contributed by atoms with E-state index < -0.39 is 0 Å². The van der Waals surface area contributed by atoms with Gasteiger partial charge in [0.25, 0.3) is 0 Å². The van der Waals surface area contributed by atoms with Crippen LogP contribution in [0.4, 0.5) is 0 Å². The molecule has 0 radical (unpaired) electrons. The molecule has 2 aliphatic carbocycles. The van der Waals surface area contributed by atoms with E-state index in [1.807, 2.05) is 18.2 Å². The molecule has 194 valence electrons. The van der Waals surface area contributed by atoms with Crippen LogP contribution in [-0.4, -0.2) is 40.6 Å². The van der Waals surface area contributed by atoms with Crippen LogP contribution in [0.5, 0.6) is 5.75 Å². The van der Waals surface area contributed by atoms with Crippen molar-refractivity contribution < 1.29 is 19.4 Å². The number of hydrogen-bond donors (Lipinski definition) is 1. The molecule has 1 saturated carbocycles. The normalized spacial score (nSPS) is 29.2. The zero-order valence-electron chi connectivity index (χ0n) is 21.9. The van der Waals surface area contributed by atoms with E-state index in [-0.39, 0.29) is 41.7 Å². The largest absolute Gasteiger partial charge is 0.507 e. The Morgan fingerprint density at radius 1 is 1.08 bits per heavy atom. The van der Waals surface area contributed by atoms with Gasteiger partial charge in [-0.15, -0.1) is 0 Å². The van der Waals surface area contributed by atoms with Crippen LogP contribution in [0.15, 0.2) is 41.0 Å². The molecule has 36 heavy (non-hydrogen) atoms. The third-order valence-corrected chi connectivity index (χ3v) is 9.01. The summed E-state index contributed by atoms with van der Waals surface area (Å²) in [5.41, 5.74) is 4.85. The molecule has 4 atom stereocenters. The second-order valence-electron chi connectivity index (χ2n) is 11.2. The maximum absolute atomic E-state index is 13.7. The number of para-hydroxylation sites is 1. The van der Waals surface area contributed by atoms with E-state index in [9.17, 15) is 14.7 Å². The molecule has 2 amide bonds. The van der Waals surface area contributed by atoms with E-state index in [1.165, 1.54) is 23.1 Å². The first-order chi connectivity index (χ1) is 17.5. The van der Waals surface area contributed by atoms with Gasteiger partial charge in [-0.1, -0.05) is 75.0 Å². The number of phenols is 1. The molecule has 1 aromatic rings. The fraction of sp³-hybridized carbons (Fsp3) is 0.613. The van der Waals surface area contributed by atoms with Crippen molar-refractivity contribution >= 4 is 17.9 Å². The lowest BCUT2D eigenvalue weighted by molar-refractivity contribution is -0.143. The topological polar surface area (TPSA) is 66.8 Å². The van der Waals surface area contributed by atoms with Gasteiger partial charge < -0.3 is 9.84 Å². The first-order valence-corrected chi connectivity index (χ1v) is 14.2. The first-order valence-electron chi connectivity index (χ1n) is 14.2. The number of benzene rings is 1. The number of fused-ring (bicyclic) bond motifs is 3. The van der Waals surface area contributed by atoms with Crippen molar-refractivity contribution in [1.82, 2.24) is 4.90 Å². The van der Waals surface area contributed by atoms with Crippen molar-refractivity contribution in [2.45, 2.75) is 96.6 Å².